The first-order chi connectivity index (χ1) is 16.8. The molecule has 192 valence electrons. The quantitative estimate of drug-likeness (QED) is 0.432. The largest absolute Gasteiger partial charge is 0.324 e. The number of hydrogen-bond acceptors (Lipinski definition) is 7. The minimum atomic E-state index is -3.96. The SMILES string of the molecule is CC[C@@H](C(=O)Nc1ccc(S(=O)(=O)Nc2nc(C)cc(C)n2)cc1)N(c1ccc(C)cc1)S(C)(=O)=O. The molecule has 0 aliphatic heterocycles. The molecule has 2 aromatic carbocycles. The normalized spacial score (nSPS) is 12.6. The van der Waals surface area contributed by atoms with Gasteiger partial charge in [-0.3, -0.25) is 9.10 Å². The van der Waals surface area contributed by atoms with Gasteiger partial charge in [0.2, 0.25) is 21.9 Å². The van der Waals surface area contributed by atoms with Gasteiger partial charge in [-0.2, -0.15) is 0 Å². The van der Waals surface area contributed by atoms with E-state index in [1.165, 1.54) is 24.3 Å². The number of carbonyl (C=O) groups is 1. The predicted octanol–water partition coefficient (Wildman–Crippen LogP) is 3.39. The highest BCUT2D eigenvalue weighted by Gasteiger charge is 2.31. The summed E-state index contributed by atoms with van der Waals surface area (Å²) in [4.78, 5) is 21.2. The van der Waals surface area contributed by atoms with Crippen LogP contribution in [0.5, 0.6) is 0 Å². The lowest BCUT2D eigenvalue weighted by Crippen LogP contribution is -2.47. The molecule has 3 aromatic rings. The molecule has 0 unspecified atom stereocenters. The standard InChI is InChI=1S/C24H29N5O5S2/c1-6-22(29(35(5,31)32)20-11-7-16(2)8-12-20)23(30)27-19-9-13-21(14-10-19)36(33,34)28-24-25-17(3)15-18(4)26-24/h7-15,22H,6H2,1-5H3,(H,27,30)(H,25,26,28)/t22-/m0/s1. The van der Waals surface area contributed by atoms with Gasteiger partial charge in [0.15, 0.2) is 0 Å². The molecule has 2 N–H and O–H groups in total. The van der Waals surface area contributed by atoms with Crippen LogP contribution in [0.25, 0.3) is 0 Å². The van der Waals surface area contributed by atoms with Crippen LogP contribution in [0.4, 0.5) is 17.3 Å². The Labute approximate surface area is 211 Å². The zero-order valence-corrected chi connectivity index (χ0v) is 22.3. The van der Waals surface area contributed by atoms with Crippen molar-refractivity contribution in [3.05, 3.63) is 71.5 Å². The lowest BCUT2D eigenvalue weighted by Gasteiger charge is -2.30. The number of benzene rings is 2. The van der Waals surface area contributed by atoms with Crippen LogP contribution >= 0.6 is 0 Å². The Morgan fingerprint density at radius 1 is 0.917 bits per heavy atom. The van der Waals surface area contributed by atoms with Crippen LogP contribution in [-0.2, 0) is 24.8 Å². The summed E-state index contributed by atoms with van der Waals surface area (Å²) in [5, 5.41) is 2.68. The highest BCUT2D eigenvalue weighted by Crippen LogP contribution is 2.24. The maximum atomic E-state index is 13.1. The number of carbonyl (C=O) groups excluding carboxylic acids is 1. The van der Waals surface area contributed by atoms with Gasteiger partial charge in [-0.05, 0) is 69.7 Å². The molecule has 0 fully saturated rings. The highest BCUT2D eigenvalue weighted by atomic mass is 32.2. The van der Waals surface area contributed by atoms with E-state index >= 15 is 0 Å². The van der Waals surface area contributed by atoms with Gasteiger partial charge in [-0.1, -0.05) is 24.6 Å². The Morgan fingerprint density at radius 2 is 1.47 bits per heavy atom. The van der Waals surface area contributed by atoms with Crippen LogP contribution in [0, 0.1) is 20.8 Å². The third kappa shape index (κ3) is 6.58. The fourth-order valence-electron chi connectivity index (χ4n) is 3.65. The molecule has 0 bridgehead atoms. The molecule has 10 nitrogen and oxygen atoms in total. The number of nitrogens with zero attached hydrogens (tertiary/aromatic N) is 3. The average molecular weight is 532 g/mol. The monoisotopic (exact) mass is 531 g/mol. The maximum Gasteiger partial charge on any atom is 0.264 e. The van der Waals surface area contributed by atoms with E-state index < -0.39 is 32.0 Å². The molecule has 1 heterocycles. The number of amides is 1. The Bertz CT molecular complexity index is 1440. The molecular weight excluding hydrogens is 502 g/mol. The molecule has 1 atom stereocenters. The lowest BCUT2D eigenvalue weighted by molar-refractivity contribution is -0.117. The van der Waals surface area contributed by atoms with E-state index in [1.54, 1.807) is 51.1 Å². The lowest BCUT2D eigenvalue weighted by atomic mass is 10.1. The molecule has 0 saturated carbocycles. The van der Waals surface area contributed by atoms with Crippen LogP contribution in [0.1, 0.15) is 30.3 Å². The topological polar surface area (TPSA) is 138 Å². The summed E-state index contributed by atoms with van der Waals surface area (Å²) in [5.74, 6) is -0.575. The van der Waals surface area contributed by atoms with Crippen molar-refractivity contribution in [3.63, 3.8) is 0 Å². The maximum absolute atomic E-state index is 13.1. The summed E-state index contributed by atoms with van der Waals surface area (Å²) >= 11 is 0. The third-order valence-electron chi connectivity index (χ3n) is 5.26. The summed E-state index contributed by atoms with van der Waals surface area (Å²) in [6.07, 6.45) is 1.27. The van der Waals surface area contributed by atoms with Gasteiger partial charge >= 0.3 is 0 Å². The van der Waals surface area contributed by atoms with Gasteiger partial charge in [0.25, 0.3) is 10.0 Å². The molecule has 1 amide bonds. The van der Waals surface area contributed by atoms with Crippen LogP contribution in [0.3, 0.4) is 0 Å². The van der Waals surface area contributed by atoms with E-state index in [0.717, 1.165) is 16.1 Å². The zero-order valence-electron chi connectivity index (χ0n) is 20.7. The number of aryl methyl sites for hydroxylation is 3. The Balaban J connectivity index is 1.80. The van der Waals surface area contributed by atoms with E-state index in [4.69, 9.17) is 0 Å². The summed E-state index contributed by atoms with van der Waals surface area (Å²) in [6.45, 7) is 7.06. The van der Waals surface area contributed by atoms with Gasteiger partial charge in [0.1, 0.15) is 6.04 Å². The van der Waals surface area contributed by atoms with Crippen molar-refractivity contribution in [2.75, 3.05) is 20.6 Å². The number of anilines is 3. The fourth-order valence-corrected chi connectivity index (χ4v) is 5.80. The Morgan fingerprint density at radius 3 is 1.97 bits per heavy atom. The second-order valence-corrected chi connectivity index (χ2v) is 12.0. The molecule has 3 rings (SSSR count). The minimum absolute atomic E-state index is 0.0346. The van der Waals surface area contributed by atoms with E-state index in [2.05, 4.69) is 20.0 Å². The van der Waals surface area contributed by atoms with Crippen molar-refractivity contribution < 1.29 is 21.6 Å². The van der Waals surface area contributed by atoms with Gasteiger partial charge in [-0.25, -0.2) is 31.5 Å². The smallest absolute Gasteiger partial charge is 0.264 e. The highest BCUT2D eigenvalue weighted by molar-refractivity contribution is 7.92. The Kier molecular flexibility index (Phi) is 7.99. The van der Waals surface area contributed by atoms with Gasteiger partial charge in [0, 0.05) is 17.1 Å². The van der Waals surface area contributed by atoms with Crippen molar-refractivity contribution >= 4 is 43.3 Å². The van der Waals surface area contributed by atoms with Crippen LogP contribution in [0.2, 0.25) is 0 Å². The van der Waals surface area contributed by atoms with Crippen molar-refractivity contribution in [3.8, 4) is 0 Å². The number of nitrogens with one attached hydrogen (secondary N) is 2. The van der Waals surface area contributed by atoms with Crippen LogP contribution in [-0.4, -0.2) is 45.0 Å². The molecule has 12 heteroatoms. The predicted molar refractivity (Wildman–Crippen MR) is 140 cm³/mol. The van der Waals surface area contributed by atoms with Crippen LogP contribution < -0.4 is 14.3 Å². The average Bonchev–Trinajstić information content (AvgIpc) is 2.76. The first-order valence-corrected chi connectivity index (χ1v) is 14.5. The van der Waals surface area contributed by atoms with E-state index in [0.29, 0.717) is 22.8 Å². The molecule has 0 aliphatic rings. The van der Waals surface area contributed by atoms with Gasteiger partial charge in [-0.15, -0.1) is 0 Å². The van der Waals surface area contributed by atoms with E-state index in [1.807, 2.05) is 6.92 Å². The summed E-state index contributed by atoms with van der Waals surface area (Å²) in [6, 6.07) is 13.1. The summed E-state index contributed by atoms with van der Waals surface area (Å²) in [7, 11) is -7.73. The first-order valence-electron chi connectivity index (χ1n) is 11.1. The van der Waals surface area contributed by atoms with Crippen molar-refractivity contribution in [1.82, 2.24) is 9.97 Å². The zero-order chi connectivity index (χ0) is 26.7. The molecular formula is C24H29N5O5S2. The van der Waals surface area contributed by atoms with E-state index in [9.17, 15) is 21.6 Å². The van der Waals surface area contributed by atoms with E-state index in [-0.39, 0.29) is 17.3 Å². The molecule has 0 radical (unpaired) electrons. The molecule has 0 aliphatic carbocycles. The second kappa shape index (κ2) is 10.6. The van der Waals surface area contributed by atoms with Gasteiger partial charge < -0.3 is 5.32 Å². The molecule has 36 heavy (non-hydrogen) atoms. The molecule has 0 spiro atoms. The Hall–Kier alpha value is -3.51. The number of hydrogen-bond donors (Lipinski definition) is 2. The number of sulfonamides is 2. The van der Waals surface area contributed by atoms with Crippen molar-refractivity contribution in [1.29, 1.82) is 0 Å². The third-order valence-corrected chi connectivity index (χ3v) is 7.78. The first kappa shape index (κ1) is 27.1. The fraction of sp³-hybridized carbons (Fsp3) is 0.292. The molecule has 1 aromatic heterocycles. The van der Waals surface area contributed by atoms with Crippen molar-refractivity contribution in [2.24, 2.45) is 0 Å². The summed E-state index contributed by atoms with van der Waals surface area (Å²) < 4.78 is 54.1. The van der Waals surface area contributed by atoms with Crippen LogP contribution in [0.15, 0.2) is 59.5 Å². The van der Waals surface area contributed by atoms with Crippen molar-refractivity contribution in [2.45, 2.75) is 45.1 Å². The number of aromatic nitrogens is 2. The minimum Gasteiger partial charge on any atom is -0.324 e. The number of rotatable bonds is 9. The summed E-state index contributed by atoms with van der Waals surface area (Å²) in [5.41, 5.74) is 2.90. The van der Waals surface area contributed by atoms with Gasteiger partial charge in [0.05, 0.1) is 16.8 Å². The molecule has 0 saturated heterocycles. The second-order valence-electron chi connectivity index (χ2n) is 8.41.